The highest BCUT2D eigenvalue weighted by Crippen LogP contribution is 2.37. The van der Waals surface area contributed by atoms with Crippen LogP contribution in [0, 0.1) is 23.3 Å². The number of rotatable bonds is 9. The van der Waals surface area contributed by atoms with Gasteiger partial charge in [-0.1, -0.05) is 35.3 Å². The Bertz CT molecular complexity index is 2980. The van der Waals surface area contributed by atoms with Gasteiger partial charge in [0.15, 0.2) is 0 Å². The first-order valence-corrected chi connectivity index (χ1v) is 21.8. The Hall–Kier alpha value is -7.38. The highest BCUT2D eigenvalue weighted by molar-refractivity contribution is 6.31. The predicted molar refractivity (Wildman–Crippen MR) is 255 cm³/mol. The van der Waals surface area contributed by atoms with Crippen molar-refractivity contribution in [3.63, 3.8) is 0 Å². The highest BCUT2D eigenvalue weighted by atomic mass is 35.5. The molecule has 0 unspecified atom stereocenters. The van der Waals surface area contributed by atoms with Crippen molar-refractivity contribution in [2.45, 2.75) is 51.0 Å². The van der Waals surface area contributed by atoms with E-state index in [1.54, 1.807) is 42.7 Å². The van der Waals surface area contributed by atoms with Gasteiger partial charge in [-0.3, -0.25) is 19.6 Å². The number of carbonyl (C=O) groups is 4. The fourth-order valence-corrected chi connectivity index (χ4v) is 7.81. The van der Waals surface area contributed by atoms with Crippen LogP contribution in [0.3, 0.4) is 0 Å². The number of aromatic nitrogens is 4. The molecule has 362 valence electrons. The normalized spacial score (nSPS) is 13.9. The molecule has 0 fully saturated rings. The van der Waals surface area contributed by atoms with Gasteiger partial charge in [0, 0.05) is 64.5 Å². The van der Waals surface area contributed by atoms with E-state index in [1.807, 2.05) is 6.07 Å². The van der Waals surface area contributed by atoms with Crippen LogP contribution in [0.4, 0.5) is 38.5 Å². The van der Waals surface area contributed by atoms with Gasteiger partial charge in [0.05, 0.1) is 27.5 Å². The summed E-state index contributed by atoms with van der Waals surface area (Å²) in [5.41, 5.74) is 10.3. The quantitative estimate of drug-likeness (QED) is 0.101. The molecule has 2 aliphatic rings. The molecule has 3 aromatic heterocycles. The first-order valence-electron chi connectivity index (χ1n) is 21.0. The van der Waals surface area contributed by atoms with Crippen LogP contribution in [0.5, 0.6) is 0 Å². The minimum atomic E-state index is -0.705. The molecule has 4 aromatic carbocycles. The average Bonchev–Trinajstić information content (AvgIpc) is 4.13. The molecule has 3 amide bonds. The van der Waals surface area contributed by atoms with Crippen molar-refractivity contribution in [3.8, 4) is 0 Å². The molecule has 14 nitrogen and oxygen atoms in total. The lowest BCUT2D eigenvalue weighted by Gasteiger charge is -2.16. The van der Waals surface area contributed by atoms with Crippen molar-refractivity contribution < 1.29 is 46.2 Å². The number of hydrogen-bond donors (Lipinski definition) is 4. The molecular weight excluding hydrogens is 979 g/mol. The highest BCUT2D eigenvalue weighted by Gasteiger charge is 2.32. The maximum Gasteiger partial charge on any atom is 0.419 e. The van der Waals surface area contributed by atoms with Crippen molar-refractivity contribution >= 4 is 71.0 Å². The number of hydrogen-bond acceptors (Lipinski definition) is 10. The largest absolute Gasteiger partial charge is 0.443 e. The van der Waals surface area contributed by atoms with Gasteiger partial charge in [-0.25, -0.2) is 36.7 Å². The Morgan fingerprint density at radius 3 is 1.69 bits per heavy atom. The van der Waals surface area contributed by atoms with Crippen LogP contribution in [-0.2, 0) is 35.5 Å². The number of benzene rings is 4. The van der Waals surface area contributed by atoms with Crippen molar-refractivity contribution in [2.24, 2.45) is 5.73 Å². The Labute approximate surface area is 414 Å². The zero-order valence-electron chi connectivity index (χ0n) is 36.5. The fourth-order valence-electron chi connectivity index (χ4n) is 7.45. The molecule has 5 N–H and O–H groups in total. The van der Waals surface area contributed by atoms with Gasteiger partial charge in [0.25, 0.3) is 11.8 Å². The predicted octanol–water partition coefficient (Wildman–Crippen LogP) is 10.9. The summed E-state index contributed by atoms with van der Waals surface area (Å²) < 4.78 is 66.4. The third kappa shape index (κ3) is 13.2. The van der Waals surface area contributed by atoms with Crippen LogP contribution < -0.4 is 21.7 Å². The third-order valence-corrected chi connectivity index (χ3v) is 11.3. The fraction of sp³-hybridized carbons (Fsp3) is 0.163. The Morgan fingerprint density at radius 1 is 0.657 bits per heavy atom. The van der Waals surface area contributed by atoms with Gasteiger partial charge in [0.2, 0.25) is 0 Å². The molecule has 0 saturated carbocycles. The summed E-state index contributed by atoms with van der Waals surface area (Å²) in [6.45, 7) is 0.148. The Kier molecular flexibility index (Phi) is 18.0. The summed E-state index contributed by atoms with van der Waals surface area (Å²) in [4.78, 5) is 60.6. The van der Waals surface area contributed by atoms with Gasteiger partial charge >= 0.3 is 12.2 Å². The van der Waals surface area contributed by atoms with E-state index < -0.39 is 47.5 Å². The number of anilines is 2. The summed E-state index contributed by atoms with van der Waals surface area (Å²) in [5, 5.41) is 7.73. The van der Waals surface area contributed by atoms with E-state index in [4.69, 9.17) is 38.4 Å². The molecule has 0 aliphatic heterocycles. The van der Waals surface area contributed by atoms with Crippen molar-refractivity contribution in [3.05, 3.63) is 206 Å². The molecule has 0 radical (unpaired) electrons. The smallest absolute Gasteiger partial charge is 0.419 e. The summed E-state index contributed by atoms with van der Waals surface area (Å²) >= 11 is 11.4. The van der Waals surface area contributed by atoms with Gasteiger partial charge in [-0.05, 0) is 122 Å². The lowest BCUT2D eigenvalue weighted by molar-refractivity contribution is 0.101. The van der Waals surface area contributed by atoms with Gasteiger partial charge in [0.1, 0.15) is 42.8 Å². The molecule has 2 atom stereocenters. The number of nitrogens with zero attached hydrogens (tertiary/aromatic N) is 4. The zero-order chi connectivity index (χ0) is 49.0. The number of halogens is 7. The second-order valence-electron chi connectivity index (χ2n) is 15.3. The van der Waals surface area contributed by atoms with Crippen LogP contribution in [0.2, 0.25) is 10.0 Å². The van der Waals surface area contributed by atoms with Crippen LogP contribution in [0.25, 0.3) is 0 Å². The lowest BCUT2D eigenvalue weighted by Crippen LogP contribution is -2.28. The number of imidazole rings is 1. The van der Waals surface area contributed by atoms with E-state index in [1.165, 1.54) is 77.9 Å². The monoisotopic (exact) mass is 1020 g/mol. The molecule has 7 aromatic rings. The number of ether oxygens (including phenoxy) is 2. The molecule has 70 heavy (non-hydrogen) atoms. The van der Waals surface area contributed by atoms with Gasteiger partial charge in [-0.2, -0.15) is 0 Å². The van der Waals surface area contributed by atoms with Gasteiger partial charge in [-0.15, -0.1) is 12.4 Å². The lowest BCUT2D eigenvalue weighted by atomic mass is 10.0. The summed E-state index contributed by atoms with van der Waals surface area (Å²) in [6, 6.07) is 22.6. The summed E-state index contributed by atoms with van der Waals surface area (Å²) in [6.07, 6.45) is 8.49. The molecule has 0 saturated heterocycles. The maximum atomic E-state index is 14.6. The number of nitrogens with one attached hydrogen (secondary N) is 3. The third-order valence-electron chi connectivity index (χ3n) is 10.7. The topological polar surface area (TPSA) is 192 Å². The molecule has 21 heteroatoms. The van der Waals surface area contributed by atoms with Crippen molar-refractivity contribution in [2.75, 3.05) is 10.6 Å². The summed E-state index contributed by atoms with van der Waals surface area (Å²) in [7, 11) is 0. The average molecular weight is 1020 g/mol. The number of fused-ring (bicyclic) bond motifs is 2. The molecule has 0 spiro atoms. The van der Waals surface area contributed by atoms with Crippen LogP contribution >= 0.6 is 35.6 Å². The molecule has 0 bridgehead atoms. The molecular formula is C49H41Cl3F4N8O6. The minimum Gasteiger partial charge on any atom is -0.443 e. The van der Waals surface area contributed by atoms with E-state index in [0.29, 0.717) is 70.7 Å². The molecule has 2 aliphatic carbocycles. The summed E-state index contributed by atoms with van der Waals surface area (Å²) in [5.74, 6) is -2.95. The number of carbonyl (C=O) groups excluding carboxylic acids is 4. The second-order valence-corrected chi connectivity index (χ2v) is 16.1. The van der Waals surface area contributed by atoms with E-state index in [-0.39, 0.29) is 58.7 Å². The first kappa shape index (κ1) is 52.0. The second kappa shape index (κ2) is 24.3. The minimum absolute atomic E-state index is 0. The van der Waals surface area contributed by atoms with E-state index >= 15 is 0 Å². The number of pyridine rings is 2. The molecule has 3 heterocycles. The number of nitrogens with two attached hydrogens (primary N) is 1. The van der Waals surface area contributed by atoms with Crippen LogP contribution in [0.15, 0.2) is 128 Å². The van der Waals surface area contributed by atoms with Gasteiger partial charge < -0.3 is 31.2 Å². The Balaban J connectivity index is 0.000000183. The van der Waals surface area contributed by atoms with Crippen LogP contribution in [-0.4, -0.2) is 43.5 Å². The standard InChI is InChI=1S/C23H18ClF2N3O3.C16H13ClF2N2O.C10H9N3O2.ClH/c24-17-11-13(4-7-18(17)25)28-22(30)16-5-8-19(26)21-15(16)6-9-20(21)29-23(31)32-12-14-3-1-2-10-27-14;17-11-7-8(1-4-12(11)18)21-16(22)10-2-5-13(19)15-9(10)3-6-14(15)20;14-10(13-6-5-11-8-13)15-7-9-3-1-2-4-12-9;/h1-5,7-8,10-11,20H,6,9,12H2,(H,28,30)(H,29,31);1-2,4-5,7,14H,3,6,20H2,(H,21,22);1-6,8H,7H2;1H/t20-;14-;;/m00../s1. The zero-order valence-corrected chi connectivity index (χ0v) is 38.8. The number of alkyl carbamates (subject to hydrolysis) is 1. The van der Waals surface area contributed by atoms with E-state index in [9.17, 15) is 36.7 Å². The number of amides is 3. The Morgan fingerprint density at radius 2 is 1.17 bits per heavy atom. The van der Waals surface area contributed by atoms with E-state index in [0.717, 1.165) is 6.07 Å². The maximum absolute atomic E-state index is 14.6. The van der Waals surface area contributed by atoms with E-state index in [2.05, 4.69) is 30.9 Å². The van der Waals surface area contributed by atoms with Crippen molar-refractivity contribution in [1.82, 2.24) is 24.8 Å². The molecule has 9 rings (SSSR count). The van der Waals surface area contributed by atoms with Crippen molar-refractivity contribution in [1.29, 1.82) is 0 Å². The SMILES string of the molecule is Cl.N[C@H]1CCc2c(C(=O)Nc3ccc(F)c(Cl)c3)ccc(F)c21.O=C(N[C@H]1CCc2c(C(=O)Nc3ccc(F)c(Cl)c3)ccc(F)c21)OCc1ccccn1.O=C(OCc1ccccn1)n1ccnc1. The first-order chi connectivity index (χ1) is 33.2. The van der Waals surface area contributed by atoms with Crippen LogP contribution in [0.1, 0.15) is 79.3 Å².